The van der Waals surface area contributed by atoms with Gasteiger partial charge in [-0.2, -0.15) is 4.31 Å². The molecule has 1 aliphatic heterocycles. The summed E-state index contributed by atoms with van der Waals surface area (Å²) in [5, 5.41) is 3.69. The largest absolute Gasteiger partial charge is 0.356 e. The highest BCUT2D eigenvalue weighted by Crippen LogP contribution is 2.40. The standard InChI is InChI=1S/C13H16N2O3S2/c1-9-12(11-5-6-14-18-11)13(10(2)19-9)20(16,17)15-7-3-4-8-15/h5-6H,3-4,7-8H2,1-2H3. The molecule has 0 spiro atoms. The Labute approximate surface area is 122 Å². The summed E-state index contributed by atoms with van der Waals surface area (Å²) < 4.78 is 32.5. The van der Waals surface area contributed by atoms with Crippen LogP contribution in [0, 0.1) is 13.8 Å². The quantitative estimate of drug-likeness (QED) is 0.874. The van der Waals surface area contributed by atoms with Crippen molar-refractivity contribution >= 4 is 21.4 Å². The Morgan fingerprint density at radius 2 is 1.95 bits per heavy atom. The van der Waals surface area contributed by atoms with Crippen LogP contribution < -0.4 is 0 Å². The van der Waals surface area contributed by atoms with Gasteiger partial charge in [0.15, 0.2) is 5.76 Å². The maximum atomic E-state index is 12.9. The molecule has 3 heterocycles. The van der Waals surface area contributed by atoms with Crippen molar-refractivity contribution < 1.29 is 12.9 Å². The van der Waals surface area contributed by atoms with Gasteiger partial charge in [-0.1, -0.05) is 5.16 Å². The molecule has 0 N–H and O–H groups in total. The fraction of sp³-hybridized carbons (Fsp3) is 0.462. The van der Waals surface area contributed by atoms with E-state index in [0.717, 1.165) is 22.6 Å². The van der Waals surface area contributed by atoms with Gasteiger partial charge in [0.25, 0.3) is 0 Å². The predicted octanol–water partition coefficient (Wildman–Crippen LogP) is 2.80. The molecule has 0 radical (unpaired) electrons. The van der Waals surface area contributed by atoms with Gasteiger partial charge in [-0.3, -0.25) is 0 Å². The van der Waals surface area contributed by atoms with Crippen LogP contribution in [0.3, 0.4) is 0 Å². The van der Waals surface area contributed by atoms with Crippen LogP contribution >= 0.6 is 11.3 Å². The smallest absolute Gasteiger partial charge is 0.244 e. The van der Waals surface area contributed by atoms with E-state index in [1.165, 1.54) is 17.5 Å². The van der Waals surface area contributed by atoms with Gasteiger partial charge in [-0.25, -0.2) is 8.42 Å². The Bertz CT molecular complexity index is 711. The van der Waals surface area contributed by atoms with Crippen LogP contribution in [-0.4, -0.2) is 31.0 Å². The summed E-state index contributed by atoms with van der Waals surface area (Å²) in [5.41, 5.74) is 0.664. The second-order valence-corrected chi connectivity index (χ2v) is 8.21. The maximum absolute atomic E-state index is 12.9. The van der Waals surface area contributed by atoms with E-state index in [0.29, 0.717) is 29.3 Å². The lowest BCUT2D eigenvalue weighted by Crippen LogP contribution is -2.28. The average Bonchev–Trinajstić information content (AvgIpc) is 3.07. The van der Waals surface area contributed by atoms with Crippen LogP contribution in [0.1, 0.15) is 22.6 Å². The minimum Gasteiger partial charge on any atom is -0.356 e. The van der Waals surface area contributed by atoms with Gasteiger partial charge in [0.05, 0.1) is 11.8 Å². The molecule has 7 heteroatoms. The number of hydrogen-bond acceptors (Lipinski definition) is 5. The van der Waals surface area contributed by atoms with Gasteiger partial charge in [-0.05, 0) is 26.7 Å². The van der Waals surface area contributed by atoms with E-state index in [2.05, 4.69) is 5.16 Å². The van der Waals surface area contributed by atoms with Gasteiger partial charge in [0.2, 0.25) is 10.0 Å². The van der Waals surface area contributed by atoms with Crippen LogP contribution in [0.15, 0.2) is 21.7 Å². The first kappa shape index (κ1) is 13.8. The fourth-order valence-corrected chi connectivity index (χ4v) is 6.00. The van der Waals surface area contributed by atoms with Crippen LogP contribution in [-0.2, 0) is 10.0 Å². The summed E-state index contributed by atoms with van der Waals surface area (Å²) in [6.45, 7) is 4.97. The zero-order valence-electron chi connectivity index (χ0n) is 11.4. The Kier molecular flexibility index (Phi) is 3.43. The van der Waals surface area contributed by atoms with E-state index in [9.17, 15) is 8.42 Å². The number of hydrogen-bond donors (Lipinski definition) is 0. The molecular weight excluding hydrogens is 296 g/mol. The van der Waals surface area contributed by atoms with Gasteiger partial charge < -0.3 is 4.52 Å². The van der Waals surface area contributed by atoms with Crippen molar-refractivity contribution in [1.29, 1.82) is 0 Å². The Balaban J connectivity index is 2.19. The summed E-state index contributed by atoms with van der Waals surface area (Å²) in [6, 6.07) is 1.71. The highest BCUT2D eigenvalue weighted by atomic mass is 32.2. The van der Waals surface area contributed by atoms with Crippen LogP contribution in [0.25, 0.3) is 11.3 Å². The first-order chi connectivity index (χ1) is 9.51. The highest BCUT2D eigenvalue weighted by molar-refractivity contribution is 7.89. The van der Waals surface area contributed by atoms with Crippen molar-refractivity contribution in [3.63, 3.8) is 0 Å². The Morgan fingerprint density at radius 3 is 2.55 bits per heavy atom. The van der Waals surface area contributed by atoms with Gasteiger partial charge in [-0.15, -0.1) is 11.3 Å². The Hall–Kier alpha value is -1.18. The molecule has 1 aliphatic rings. The molecule has 0 saturated carbocycles. The van der Waals surface area contributed by atoms with E-state index in [4.69, 9.17) is 4.52 Å². The van der Waals surface area contributed by atoms with Crippen molar-refractivity contribution in [2.45, 2.75) is 31.6 Å². The third kappa shape index (κ3) is 2.10. The minimum atomic E-state index is -3.45. The van der Waals surface area contributed by atoms with Crippen molar-refractivity contribution in [2.75, 3.05) is 13.1 Å². The topological polar surface area (TPSA) is 63.4 Å². The third-order valence-corrected chi connectivity index (χ3v) is 6.77. The second kappa shape index (κ2) is 4.98. The van der Waals surface area contributed by atoms with Crippen molar-refractivity contribution in [3.8, 4) is 11.3 Å². The van der Waals surface area contributed by atoms with Crippen molar-refractivity contribution in [1.82, 2.24) is 9.46 Å². The van der Waals surface area contributed by atoms with Gasteiger partial charge >= 0.3 is 0 Å². The molecule has 0 atom stereocenters. The number of thiophene rings is 1. The highest BCUT2D eigenvalue weighted by Gasteiger charge is 2.34. The molecule has 0 aliphatic carbocycles. The zero-order chi connectivity index (χ0) is 14.3. The molecule has 1 fully saturated rings. The van der Waals surface area contributed by atoms with Gasteiger partial charge in [0, 0.05) is 28.9 Å². The van der Waals surface area contributed by atoms with Crippen LogP contribution in [0.4, 0.5) is 0 Å². The summed E-state index contributed by atoms with van der Waals surface area (Å²) in [6.07, 6.45) is 3.39. The van der Waals surface area contributed by atoms with Gasteiger partial charge in [0.1, 0.15) is 4.90 Å². The third-order valence-electron chi connectivity index (χ3n) is 3.55. The SMILES string of the molecule is Cc1sc(C)c(S(=O)(=O)N2CCCC2)c1-c1ccno1. The molecule has 2 aromatic heterocycles. The van der Waals surface area contributed by atoms with Crippen molar-refractivity contribution in [3.05, 3.63) is 22.0 Å². The van der Waals surface area contributed by atoms with E-state index in [1.807, 2.05) is 13.8 Å². The number of nitrogens with zero attached hydrogens (tertiary/aromatic N) is 2. The van der Waals surface area contributed by atoms with E-state index < -0.39 is 10.0 Å². The lowest BCUT2D eigenvalue weighted by atomic mass is 10.2. The summed E-state index contributed by atoms with van der Waals surface area (Å²) >= 11 is 1.49. The fourth-order valence-electron chi connectivity index (χ4n) is 2.66. The summed E-state index contributed by atoms with van der Waals surface area (Å²) in [5.74, 6) is 0.518. The Morgan fingerprint density at radius 1 is 1.25 bits per heavy atom. The predicted molar refractivity (Wildman–Crippen MR) is 77.3 cm³/mol. The van der Waals surface area contributed by atoms with E-state index >= 15 is 0 Å². The number of rotatable bonds is 3. The summed E-state index contributed by atoms with van der Waals surface area (Å²) in [7, 11) is -3.45. The average molecular weight is 312 g/mol. The molecule has 3 rings (SSSR count). The van der Waals surface area contributed by atoms with E-state index in [-0.39, 0.29) is 0 Å². The first-order valence-electron chi connectivity index (χ1n) is 6.53. The summed E-state index contributed by atoms with van der Waals surface area (Å²) in [4.78, 5) is 2.14. The molecular formula is C13H16N2O3S2. The molecule has 0 unspecified atom stereocenters. The lowest BCUT2D eigenvalue weighted by molar-refractivity contribution is 0.430. The van der Waals surface area contributed by atoms with Crippen molar-refractivity contribution in [2.24, 2.45) is 0 Å². The normalized spacial score (nSPS) is 16.9. The second-order valence-electron chi connectivity index (χ2n) is 4.91. The maximum Gasteiger partial charge on any atom is 0.244 e. The number of aromatic nitrogens is 1. The molecule has 0 amide bonds. The molecule has 1 saturated heterocycles. The molecule has 0 bridgehead atoms. The minimum absolute atomic E-state index is 0.388. The number of sulfonamides is 1. The first-order valence-corrected chi connectivity index (χ1v) is 8.78. The van der Waals surface area contributed by atoms with Crippen LogP contribution in [0.2, 0.25) is 0 Å². The van der Waals surface area contributed by atoms with Crippen LogP contribution in [0.5, 0.6) is 0 Å². The molecule has 5 nitrogen and oxygen atoms in total. The molecule has 20 heavy (non-hydrogen) atoms. The molecule has 108 valence electrons. The number of aryl methyl sites for hydroxylation is 2. The molecule has 2 aromatic rings. The van der Waals surface area contributed by atoms with E-state index in [1.54, 1.807) is 10.4 Å². The zero-order valence-corrected chi connectivity index (χ0v) is 13.1. The lowest BCUT2D eigenvalue weighted by Gasteiger charge is -2.16. The monoisotopic (exact) mass is 312 g/mol. The molecule has 0 aromatic carbocycles.